The summed E-state index contributed by atoms with van der Waals surface area (Å²) in [5, 5.41) is 23.9. The van der Waals surface area contributed by atoms with E-state index in [1.54, 1.807) is 0 Å². The maximum absolute atomic E-state index is 9.76. The van der Waals surface area contributed by atoms with Crippen molar-refractivity contribution in [2.45, 2.75) is 0 Å². The molecule has 0 aliphatic carbocycles. The van der Waals surface area contributed by atoms with Crippen molar-refractivity contribution < 1.29 is 0 Å². The Hall–Kier alpha value is -10.2. The first kappa shape index (κ1) is 41.9. The van der Waals surface area contributed by atoms with Gasteiger partial charge in [0.25, 0.3) is 0 Å². The third-order valence-corrected chi connectivity index (χ3v) is 13.6. The van der Waals surface area contributed by atoms with Gasteiger partial charge in [0.15, 0.2) is 17.5 Å². The molecule has 72 heavy (non-hydrogen) atoms. The second kappa shape index (κ2) is 17.4. The van der Waals surface area contributed by atoms with Crippen molar-refractivity contribution in [1.82, 2.24) is 24.1 Å². The van der Waals surface area contributed by atoms with E-state index in [0.29, 0.717) is 28.6 Å². The number of benzene rings is 10. The summed E-state index contributed by atoms with van der Waals surface area (Å²) in [4.78, 5) is 15.8. The number of para-hydroxylation sites is 3. The highest BCUT2D eigenvalue weighted by atomic mass is 15.1. The third kappa shape index (κ3) is 7.17. The van der Waals surface area contributed by atoms with Crippen molar-refractivity contribution in [2.24, 2.45) is 0 Å². The lowest BCUT2D eigenvalue weighted by Crippen LogP contribution is -2.04. The highest BCUT2D eigenvalue weighted by molar-refractivity contribution is 6.12. The van der Waals surface area contributed by atoms with Gasteiger partial charge in [0, 0.05) is 43.8 Å². The second-order valence-electron chi connectivity index (χ2n) is 17.8. The summed E-state index contributed by atoms with van der Waals surface area (Å²) in [5.41, 5.74) is 16.1. The van der Waals surface area contributed by atoms with Crippen LogP contribution in [-0.4, -0.2) is 24.1 Å². The minimum atomic E-state index is 0.540. The number of fused-ring (bicyclic) bond motifs is 6. The highest BCUT2D eigenvalue weighted by Gasteiger charge is 2.23. The summed E-state index contributed by atoms with van der Waals surface area (Å²) in [6.07, 6.45) is 0. The van der Waals surface area contributed by atoms with Crippen LogP contribution in [0.2, 0.25) is 0 Å². The van der Waals surface area contributed by atoms with Crippen molar-refractivity contribution in [1.29, 1.82) is 10.5 Å². The normalized spacial score (nSPS) is 11.3. The first-order valence-corrected chi connectivity index (χ1v) is 23.8. The minimum Gasteiger partial charge on any atom is -0.309 e. The molecule has 7 nitrogen and oxygen atoms in total. The van der Waals surface area contributed by atoms with E-state index in [0.717, 1.165) is 105 Å². The molecule has 0 unspecified atom stereocenters. The van der Waals surface area contributed by atoms with E-state index >= 15 is 0 Å². The molecule has 0 atom stereocenters. The minimum absolute atomic E-state index is 0.540. The number of nitrogens with zero attached hydrogens (tertiary/aromatic N) is 7. The van der Waals surface area contributed by atoms with Gasteiger partial charge in [0.1, 0.15) is 0 Å². The van der Waals surface area contributed by atoms with Crippen molar-refractivity contribution in [3.63, 3.8) is 0 Å². The molecular formula is C65H39N7. The van der Waals surface area contributed by atoms with Gasteiger partial charge in [0.05, 0.1) is 56.7 Å². The van der Waals surface area contributed by atoms with Crippen molar-refractivity contribution in [3.05, 3.63) is 248 Å². The molecule has 0 aliphatic rings. The van der Waals surface area contributed by atoms with Gasteiger partial charge in [-0.15, -0.1) is 0 Å². The summed E-state index contributed by atoms with van der Waals surface area (Å²) >= 11 is 0. The molecular weight excluding hydrogens is 879 g/mol. The SMILES string of the molecule is N#Cc1cccc(-c2ccc3c(c2)c2ccccc2n3-c2ccccc2-c2ccc(-n3c4ccccc4c4cc(-c5cccc(C#N)c5)ccc43)c(-c3nc(-c4ccccc4)nc(-c4ccccc4)n3)c2)c1. The van der Waals surface area contributed by atoms with Crippen LogP contribution in [0, 0.1) is 22.7 Å². The molecule has 3 heterocycles. The molecule has 0 saturated heterocycles. The first-order valence-electron chi connectivity index (χ1n) is 23.8. The number of hydrogen-bond donors (Lipinski definition) is 0. The van der Waals surface area contributed by atoms with Crippen LogP contribution in [0.15, 0.2) is 237 Å². The zero-order valence-corrected chi connectivity index (χ0v) is 38.6. The zero-order chi connectivity index (χ0) is 48.1. The number of nitriles is 2. The molecule has 0 N–H and O–H groups in total. The molecule has 3 aromatic heterocycles. The standard InChI is InChI=1S/C65H39N7/c66-40-42-15-13-21-46(35-42)48-29-32-60-54(37-48)52-24-8-11-27-58(52)71(60)57-26-10-7-23-51(57)50-31-34-62(56(39-50)65-69-63(44-17-3-1-4-18-44)68-64(70-65)45-19-5-2-6-20-45)72-59-28-12-9-25-53(59)55-38-49(30-33-61(55)72)47-22-14-16-43(36-47)41-67/h1-39H. The number of aromatic nitrogens is 5. The average Bonchev–Trinajstić information content (AvgIpc) is 3.97. The smallest absolute Gasteiger partial charge is 0.166 e. The molecule has 0 fully saturated rings. The Morgan fingerprint density at radius 1 is 0.278 bits per heavy atom. The fourth-order valence-electron chi connectivity index (χ4n) is 10.3. The average molecular weight is 918 g/mol. The Morgan fingerprint density at radius 2 is 0.694 bits per heavy atom. The molecule has 0 aliphatic heterocycles. The lowest BCUT2D eigenvalue weighted by atomic mass is 9.98. The molecule has 13 aromatic rings. The Balaban J connectivity index is 1.06. The largest absolute Gasteiger partial charge is 0.309 e. The molecule has 10 aromatic carbocycles. The van der Waals surface area contributed by atoms with E-state index in [-0.39, 0.29) is 0 Å². The van der Waals surface area contributed by atoms with Crippen LogP contribution in [0.3, 0.4) is 0 Å². The molecule has 334 valence electrons. The predicted molar refractivity (Wildman–Crippen MR) is 291 cm³/mol. The molecule has 0 spiro atoms. The van der Waals surface area contributed by atoms with Crippen LogP contribution in [-0.2, 0) is 0 Å². The predicted octanol–water partition coefficient (Wildman–Crippen LogP) is 15.8. The van der Waals surface area contributed by atoms with Crippen LogP contribution in [0.25, 0.3) is 123 Å². The van der Waals surface area contributed by atoms with Gasteiger partial charge in [0.2, 0.25) is 0 Å². The van der Waals surface area contributed by atoms with E-state index in [4.69, 9.17) is 15.0 Å². The summed E-state index contributed by atoms with van der Waals surface area (Å²) in [5.74, 6) is 1.69. The quantitative estimate of drug-likeness (QED) is 0.151. The lowest BCUT2D eigenvalue weighted by Gasteiger charge is -2.18. The lowest BCUT2D eigenvalue weighted by molar-refractivity contribution is 1.06. The van der Waals surface area contributed by atoms with Gasteiger partial charge in [-0.2, -0.15) is 10.5 Å². The first-order chi connectivity index (χ1) is 35.6. The van der Waals surface area contributed by atoms with Crippen LogP contribution < -0.4 is 0 Å². The zero-order valence-electron chi connectivity index (χ0n) is 38.6. The van der Waals surface area contributed by atoms with E-state index in [2.05, 4.69) is 161 Å². The molecule has 7 heteroatoms. The van der Waals surface area contributed by atoms with Gasteiger partial charge >= 0.3 is 0 Å². The van der Waals surface area contributed by atoms with Crippen LogP contribution >= 0.6 is 0 Å². The summed E-state index contributed by atoms with van der Waals surface area (Å²) in [7, 11) is 0. The number of hydrogen-bond acceptors (Lipinski definition) is 5. The Morgan fingerprint density at radius 3 is 1.24 bits per heavy atom. The van der Waals surface area contributed by atoms with Gasteiger partial charge in [-0.25, -0.2) is 15.0 Å². The van der Waals surface area contributed by atoms with Gasteiger partial charge in [-0.1, -0.05) is 158 Å². The van der Waals surface area contributed by atoms with E-state index in [9.17, 15) is 10.5 Å². The maximum atomic E-state index is 9.76. The number of rotatable bonds is 8. The molecule has 0 radical (unpaired) electrons. The van der Waals surface area contributed by atoms with Crippen LogP contribution in [0.5, 0.6) is 0 Å². The maximum Gasteiger partial charge on any atom is 0.166 e. The summed E-state index contributed by atoms with van der Waals surface area (Å²) < 4.78 is 4.69. The Kier molecular flexibility index (Phi) is 10.1. The van der Waals surface area contributed by atoms with E-state index in [1.807, 2.05) is 97.1 Å². The van der Waals surface area contributed by atoms with Gasteiger partial charge in [-0.3, -0.25) is 0 Å². The molecule has 0 saturated carbocycles. The summed E-state index contributed by atoms with van der Waals surface area (Å²) in [6, 6.07) is 85.8. The van der Waals surface area contributed by atoms with Gasteiger partial charge < -0.3 is 9.13 Å². The fourth-order valence-corrected chi connectivity index (χ4v) is 10.3. The Labute approximate surface area is 415 Å². The van der Waals surface area contributed by atoms with Crippen molar-refractivity contribution in [3.8, 4) is 91.1 Å². The topological polar surface area (TPSA) is 96.1 Å². The van der Waals surface area contributed by atoms with Crippen molar-refractivity contribution >= 4 is 43.6 Å². The second-order valence-corrected chi connectivity index (χ2v) is 17.8. The van der Waals surface area contributed by atoms with Crippen molar-refractivity contribution in [2.75, 3.05) is 0 Å². The van der Waals surface area contributed by atoms with Crippen LogP contribution in [0.4, 0.5) is 0 Å². The van der Waals surface area contributed by atoms with Crippen LogP contribution in [0.1, 0.15) is 11.1 Å². The molecule has 0 bridgehead atoms. The monoisotopic (exact) mass is 917 g/mol. The Bertz CT molecular complexity index is 4300. The van der Waals surface area contributed by atoms with Gasteiger partial charge in [-0.05, 0) is 107 Å². The highest BCUT2D eigenvalue weighted by Crippen LogP contribution is 2.42. The molecule has 13 rings (SSSR count). The van der Waals surface area contributed by atoms with E-state index < -0.39 is 0 Å². The summed E-state index contributed by atoms with van der Waals surface area (Å²) in [6.45, 7) is 0. The third-order valence-electron chi connectivity index (χ3n) is 13.6. The molecule has 0 amide bonds. The fraction of sp³-hybridized carbons (Fsp3) is 0. The van der Waals surface area contributed by atoms with E-state index in [1.165, 1.54) is 0 Å².